The normalized spacial score (nSPS) is 11.6. The molecule has 36 heavy (non-hydrogen) atoms. The molecule has 0 saturated carbocycles. The number of nitrogens with one attached hydrogen (secondary N) is 1. The van der Waals surface area contributed by atoms with Gasteiger partial charge in [0.1, 0.15) is 6.61 Å². The van der Waals surface area contributed by atoms with Crippen molar-refractivity contribution in [2.24, 2.45) is 11.6 Å². The van der Waals surface area contributed by atoms with Crippen LogP contribution in [0.3, 0.4) is 0 Å². The van der Waals surface area contributed by atoms with E-state index in [4.69, 9.17) is 16.3 Å². The quantitative estimate of drug-likeness (QED) is 0.126. The van der Waals surface area contributed by atoms with E-state index < -0.39 is 5.97 Å². The van der Waals surface area contributed by atoms with Gasteiger partial charge in [-0.05, 0) is 28.5 Å². The Morgan fingerprint density at radius 3 is 2.69 bits per heavy atom. The zero-order valence-corrected chi connectivity index (χ0v) is 20.0. The third-order valence-corrected chi connectivity index (χ3v) is 6.46. The van der Waals surface area contributed by atoms with Crippen LogP contribution in [0.25, 0.3) is 21.7 Å². The molecule has 0 aliphatic heterocycles. The first kappa shape index (κ1) is 23.3. The second kappa shape index (κ2) is 10.0. The monoisotopic (exact) mass is 497 g/mol. The van der Waals surface area contributed by atoms with Gasteiger partial charge < -0.3 is 20.5 Å². The number of H-pyrrole nitrogens is 1. The molecule has 5 aromatic rings. The van der Waals surface area contributed by atoms with Gasteiger partial charge in [-0.1, -0.05) is 54.6 Å². The predicted molar refractivity (Wildman–Crippen MR) is 140 cm³/mol. The summed E-state index contributed by atoms with van der Waals surface area (Å²) in [6, 6.07) is 21.7. The average molecular weight is 498 g/mol. The minimum absolute atomic E-state index is 0.0526. The highest BCUT2D eigenvalue weighted by Gasteiger charge is 2.20. The van der Waals surface area contributed by atoms with E-state index in [2.05, 4.69) is 22.1 Å². The SMILES string of the molecule is N/C(=C\N(N)Cc1ccc2ccccc2c1)COC(=O)c1csc(C(=O)c2c[nH]c3ccccc23)n1. The number of fused-ring (bicyclic) bond motifs is 2. The largest absolute Gasteiger partial charge is 0.454 e. The molecule has 0 radical (unpaired) electrons. The molecule has 0 unspecified atom stereocenters. The third kappa shape index (κ3) is 4.97. The van der Waals surface area contributed by atoms with Gasteiger partial charge in [0.15, 0.2) is 10.7 Å². The summed E-state index contributed by atoms with van der Waals surface area (Å²) in [6.07, 6.45) is 3.17. The van der Waals surface area contributed by atoms with Crippen LogP contribution in [0.5, 0.6) is 0 Å². The molecule has 5 N–H and O–H groups in total. The van der Waals surface area contributed by atoms with Crippen LogP contribution in [0.2, 0.25) is 0 Å². The maximum atomic E-state index is 12.9. The number of benzene rings is 3. The smallest absolute Gasteiger partial charge is 0.358 e. The summed E-state index contributed by atoms with van der Waals surface area (Å²) < 4.78 is 5.26. The topological polar surface area (TPSA) is 127 Å². The molecule has 0 spiro atoms. The summed E-state index contributed by atoms with van der Waals surface area (Å²) in [5, 5.41) is 6.22. The van der Waals surface area contributed by atoms with Crippen molar-refractivity contribution in [3.63, 3.8) is 0 Å². The number of hydrogen-bond donors (Lipinski definition) is 3. The first-order chi connectivity index (χ1) is 17.5. The maximum Gasteiger partial charge on any atom is 0.358 e. The number of nitrogens with two attached hydrogens (primary N) is 2. The molecule has 0 saturated heterocycles. The highest BCUT2D eigenvalue weighted by Crippen LogP contribution is 2.23. The van der Waals surface area contributed by atoms with Crippen LogP contribution in [-0.4, -0.2) is 33.3 Å². The number of carbonyl (C=O) groups excluding carboxylic acids is 2. The first-order valence-corrected chi connectivity index (χ1v) is 12.0. The van der Waals surface area contributed by atoms with Gasteiger partial charge in [-0.2, -0.15) is 0 Å². The molecule has 2 aromatic heterocycles. The number of ketones is 1. The van der Waals surface area contributed by atoms with Gasteiger partial charge >= 0.3 is 5.97 Å². The summed E-state index contributed by atoms with van der Waals surface area (Å²) in [7, 11) is 0. The summed E-state index contributed by atoms with van der Waals surface area (Å²) in [4.78, 5) is 32.6. The fourth-order valence-electron chi connectivity index (χ4n) is 3.91. The van der Waals surface area contributed by atoms with E-state index in [1.807, 2.05) is 54.6 Å². The van der Waals surface area contributed by atoms with Gasteiger partial charge in [0.25, 0.3) is 0 Å². The van der Waals surface area contributed by atoms with E-state index in [1.165, 1.54) is 16.6 Å². The Bertz CT molecular complexity index is 1600. The van der Waals surface area contributed by atoms with Crippen LogP contribution in [0.1, 0.15) is 31.4 Å². The van der Waals surface area contributed by atoms with Crippen molar-refractivity contribution in [3.05, 3.63) is 112 Å². The van der Waals surface area contributed by atoms with Crippen molar-refractivity contribution in [3.8, 4) is 0 Å². The van der Waals surface area contributed by atoms with Crippen LogP contribution in [-0.2, 0) is 11.3 Å². The number of hydrazine groups is 1. The minimum atomic E-state index is -0.668. The molecule has 8 nitrogen and oxygen atoms in total. The van der Waals surface area contributed by atoms with Gasteiger partial charge in [-0.3, -0.25) is 4.79 Å². The average Bonchev–Trinajstić information content (AvgIpc) is 3.55. The van der Waals surface area contributed by atoms with Crippen LogP contribution in [0, 0.1) is 0 Å². The van der Waals surface area contributed by atoms with Crippen molar-refractivity contribution in [1.82, 2.24) is 15.0 Å². The highest BCUT2D eigenvalue weighted by atomic mass is 32.1. The molecule has 2 heterocycles. The lowest BCUT2D eigenvalue weighted by atomic mass is 10.1. The molecule has 3 aromatic carbocycles. The number of carbonyl (C=O) groups is 2. The van der Waals surface area contributed by atoms with Crippen LogP contribution < -0.4 is 11.6 Å². The zero-order chi connectivity index (χ0) is 25.1. The lowest BCUT2D eigenvalue weighted by molar-refractivity contribution is 0.0531. The molecule has 0 amide bonds. The zero-order valence-electron chi connectivity index (χ0n) is 19.2. The summed E-state index contributed by atoms with van der Waals surface area (Å²) in [6.45, 7) is 0.276. The maximum absolute atomic E-state index is 12.9. The number of ether oxygens (including phenoxy) is 1. The van der Waals surface area contributed by atoms with Crippen molar-refractivity contribution in [2.45, 2.75) is 6.54 Å². The summed E-state index contributed by atoms with van der Waals surface area (Å²) in [5.74, 6) is 5.15. The van der Waals surface area contributed by atoms with E-state index in [9.17, 15) is 9.59 Å². The van der Waals surface area contributed by atoms with Crippen LogP contribution >= 0.6 is 11.3 Å². The number of thiazole rings is 1. The third-order valence-electron chi connectivity index (χ3n) is 5.62. The number of esters is 1. The highest BCUT2D eigenvalue weighted by molar-refractivity contribution is 7.12. The lowest BCUT2D eigenvalue weighted by Gasteiger charge is -2.15. The number of rotatable bonds is 8. The Morgan fingerprint density at radius 1 is 1.06 bits per heavy atom. The molecule has 0 fully saturated rings. The van der Waals surface area contributed by atoms with Crippen molar-refractivity contribution >= 4 is 44.8 Å². The Kier molecular flexibility index (Phi) is 6.48. The molecule has 9 heteroatoms. The van der Waals surface area contributed by atoms with E-state index >= 15 is 0 Å². The number of aromatic amines is 1. The molecule has 5 rings (SSSR count). The first-order valence-electron chi connectivity index (χ1n) is 11.2. The second-order valence-electron chi connectivity index (χ2n) is 8.25. The Hall–Kier alpha value is -4.47. The van der Waals surface area contributed by atoms with Crippen molar-refractivity contribution in [2.75, 3.05) is 6.61 Å². The number of hydrogen-bond acceptors (Lipinski definition) is 8. The molecule has 0 bridgehead atoms. The predicted octanol–water partition coefficient (Wildman–Crippen LogP) is 4.34. The van der Waals surface area contributed by atoms with Gasteiger partial charge in [-0.25, -0.2) is 15.6 Å². The van der Waals surface area contributed by atoms with Crippen molar-refractivity contribution < 1.29 is 14.3 Å². The minimum Gasteiger partial charge on any atom is -0.454 e. The fourth-order valence-corrected chi connectivity index (χ4v) is 4.65. The Labute approximate surface area is 210 Å². The fraction of sp³-hybridized carbons (Fsp3) is 0.0741. The molecule has 180 valence electrons. The Balaban J connectivity index is 1.18. The molecule has 0 aliphatic carbocycles. The molecule has 0 aliphatic rings. The lowest BCUT2D eigenvalue weighted by Crippen LogP contribution is -2.27. The van der Waals surface area contributed by atoms with Crippen LogP contribution in [0.15, 0.2) is 90.2 Å². The van der Waals surface area contributed by atoms with E-state index in [1.54, 1.807) is 6.20 Å². The van der Waals surface area contributed by atoms with Gasteiger partial charge in [0.05, 0.1) is 17.8 Å². The van der Waals surface area contributed by atoms with E-state index in [-0.39, 0.29) is 28.8 Å². The molecular formula is C27H23N5O3S. The number of para-hydroxylation sites is 1. The number of nitrogens with zero attached hydrogens (tertiary/aromatic N) is 2. The second-order valence-corrected chi connectivity index (χ2v) is 9.11. The molecule has 0 atom stereocenters. The van der Waals surface area contributed by atoms with E-state index in [0.717, 1.165) is 38.6 Å². The van der Waals surface area contributed by atoms with Gasteiger partial charge in [0, 0.05) is 28.7 Å². The van der Waals surface area contributed by atoms with Crippen molar-refractivity contribution in [1.29, 1.82) is 0 Å². The number of aromatic nitrogens is 2. The standard InChI is InChI=1S/C27H23N5O3S/c28-20(14-32(29)13-17-9-10-18-5-1-2-6-19(18)11-17)15-35-27(34)24-16-36-26(31-24)25(33)22-12-30-23-8-4-3-7-21(22)23/h1-12,14,16,30H,13,15,28-29H2/b20-14-. The summed E-state index contributed by atoms with van der Waals surface area (Å²) in [5.41, 5.74) is 8.71. The van der Waals surface area contributed by atoms with Gasteiger partial charge in [-0.15, -0.1) is 11.3 Å². The van der Waals surface area contributed by atoms with Gasteiger partial charge in [0.2, 0.25) is 5.78 Å². The Morgan fingerprint density at radius 2 is 1.83 bits per heavy atom. The molecular weight excluding hydrogens is 474 g/mol. The van der Waals surface area contributed by atoms with E-state index in [0.29, 0.717) is 12.1 Å². The summed E-state index contributed by atoms with van der Waals surface area (Å²) >= 11 is 1.09. The van der Waals surface area contributed by atoms with Crippen LogP contribution in [0.4, 0.5) is 0 Å².